The molecule has 0 heterocycles. The first-order valence-electron chi connectivity index (χ1n) is 6.19. The fourth-order valence-electron chi connectivity index (χ4n) is 1.64. The van der Waals surface area contributed by atoms with Crippen molar-refractivity contribution in [2.45, 2.75) is 0 Å². The number of hydrogen-bond acceptors (Lipinski definition) is 4. The van der Waals surface area contributed by atoms with E-state index in [1.807, 2.05) is 0 Å². The molecule has 0 fully saturated rings. The Morgan fingerprint density at radius 1 is 0.913 bits per heavy atom. The van der Waals surface area contributed by atoms with Crippen LogP contribution < -0.4 is 10.6 Å². The highest BCUT2D eigenvalue weighted by atomic mass is 35.5. The van der Waals surface area contributed by atoms with Crippen molar-refractivity contribution in [2.75, 3.05) is 10.6 Å². The number of nitro groups is 1. The third kappa shape index (κ3) is 4.18. The molecule has 2 N–H and O–H groups in total. The van der Waals surface area contributed by atoms with Gasteiger partial charge in [-0.15, -0.1) is 0 Å². The summed E-state index contributed by atoms with van der Waals surface area (Å²) in [5.41, 5.74) is 0.232. The fourth-order valence-corrected chi connectivity index (χ4v) is 2.13. The van der Waals surface area contributed by atoms with E-state index < -0.39 is 16.7 Å². The van der Waals surface area contributed by atoms with Crippen molar-refractivity contribution in [2.24, 2.45) is 0 Å². The maximum Gasteiger partial charge on any atom is 0.314 e. The van der Waals surface area contributed by atoms with E-state index in [0.29, 0.717) is 0 Å². The van der Waals surface area contributed by atoms with Gasteiger partial charge < -0.3 is 10.6 Å². The molecule has 0 atom stereocenters. The molecule has 2 aromatic rings. The Morgan fingerprint density at radius 3 is 1.96 bits per heavy atom. The van der Waals surface area contributed by atoms with E-state index in [2.05, 4.69) is 10.6 Å². The number of para-hydroxylation sites is 1. The van der Waals surface area contributed by atoms with Crippen molar-refractivity contribution >= 4 is 52.1 Å². The Bertz CT molecular complexity index is 758. The minimum Gasteiger partial charge on any atom is -0.318 e. The second-order valence-corrected chi connectivity index (χ2v) is 5.12. The van der Waals surface area contributed by atoms with E-state index in [0.717, 1.165) is 0 Å². The number of anilines is 2. The summed E-state index contributed by atoms with van der Waals surface area (Å²) in [5.74, 6) is -1.94. The molecule has 0 aliphatic carbocycles. The van der Waals surface area contributed by atoms with Crippen molar-refractivity contribution in [3.8, 4) is 0 Å². The molecule has 0 radical (unpaired) electrons. The molecule has 118 valence electrons. The lowest BCUT2D eigenvalue weighted by Gasteiger charge is -2.09. The number of hydrogen-bond donors (Lipinski definition) is 2. The number of nitrogens with zero attached hydrogens (tertiary/aromatic N) is 1. The van der Waals surface area contributed by atoms with Gasteiger partial charge in [0.1, 0.15) is 0 Å². The van der Waals surface area contributed by atoms with Crippen LogP contribution in [0, 0.1) is 10.1 Å². The third-order valence-electron chi connectivity index (χ3n) is 2.74. The van der Waals surface area contributed by atoms with Crippen molar-refractivity contribution in [1.82, 2.24) is 0 Å². The normalized spacial score (nSPS) is 10.0. The zero-order valence-corrected chi connectivity index (χ0v) is 12.9. The van der Waals surface area contributed by atoms with Crippen molar-refractivity contribution in [3.63, 3.8) is 0 Å². The zero-order valence-electron chi connectivity index (χ0n) is 11.4. The summed E-state index contributed by atoms with van der Waals surface area (Å²) >= 11 is 11.8. The van der Waals surface area contributed by atoms with E-state index in [9.17, 15) is 19.7 Å². The average Bonchev–Trinajstić information content (AvgIpc) is 2.51. The number of non-ortho nitro benzene ring substituents is 1. The predicted molar refractivity (Wildman–Crippen MR) is 86.8 cm³/mol. The Morgan fingerprint density at radius 2 is 1.43 bits per heavy atom. The molecule has 0 saturated heterocycles. The number of halogens is 2. The Labute approximate surface area is 140 Å². The zero-order chi connectivity index (χ0) is 17.0. The maximum atomic E-state index is 11.8. The van der Waals surface area contributed by atoms with Crippen molar-refractivity contribution in [1.29, 1.82) is 0 Å². The summed E-state index contributed by atoms with van der Waals surface area (Å²) in [4.78, 5) is 33.6. The second-order valence-electron chi connectivity index (χ2n) is 4.31. The fraction of sp³-hybridized carbons (Fsp3) is 0. The standard InChI is InChI=1S/C14H9Cl2N3O4/c15-10-2-1-3-11(16)12(10)18-14(21)13(20)17-8-4-6-9(7-5-8)19(22)23/h1-7H,(H,17,20)(H,18,21). The largest absolute Gasteiger partial charge is 0.318 e. The monoisotopic (exact) mass is 353 g/mol. The summed E-state index contributed by atoms with van der Waals surface area (Å²) in [6.07, 6.45) is 0. The van der Waals surface area contributed by atoms with E-state index >= 15 is 0 Å². The summed E-state index contributed by atoms with van der Waals surface area (Å²) < 4.78 is 0. The molecule has 0 aliphatic heterocycles. The highest BCUT2D eigenvalue weighted by Gasteiger charge is 2.17. The smallest absolute Gasteiger partial charge is 0.314 e. The Hall–Kier alpha value is -2.64. The van der Waals surface area contributed by atoms with Gasteiger partial charge >= 0.3 is 11.8 Å². The van der Waals surface area contributed by atoms with Crippen LogP contribution in [0.15, 0.2) is 42.5 Å². The van der Waals surface area contributed by atoms with Gasteiger partial charge in [0.2, 0.25) is 0 Å². The van der Waals surface area contributed by atoms with Gasteiger partial charge in [0, 0.05) is 17.8 Å². The third-order valence-corrected chi connectivity index (χ3v) is 3.37. The SMILES string of the molecule is O=C(Nc1ccc([N+](=O)[O-])cc1)C(=O)Nc1c(Cl)cccc1Cl. The van der Waals surface area contributed by atoms with Crippen LogP contribution in [0.4, 0.5) is 17.1 Å². The van der Waals surface area contributed by atoms with Gasteiger partial charge in [-0.05, 0) is 24.3 Å². The first kappa shape index (κ1) is 16.7. The van der Waals surface area contributed by atoms with Gasteiger partial charge in [-0.25, -0.2) is 0 Å². The number of carbonyl (C=O) groups excluding carboxylic acids is 2. The number of nitrogens with one attached hydrogen (secondary N) is 2. The first-order valence-corrected chi connectivity index (χ1v) is 6.95. The summed E-state index contributed by atoms with van der Waals surface area (Å²) in [5, 5.41) is 15.5. The topological polar surface area (TPSA) is 101 Å². The molecular weight excluding hydrogens is 345 g/mol. The molecule has 2 amide bonds. The van der Waals surface area contributed by atoms with Gasteiger partial charge in [-0.2, -0.15) is 0 Å². The lowest BCUT2D eigenvalue weighted by molar-refractivity contribution is -0.384. The van der Waals surface area contributed by atoms with Crippen molar-refractivity contribution in [3.05, 3.63) is 62.6 Å². The minimum atomic E-state index is -0.974. The van der Waals surface area contributed by atoms with Crippen LogP contribution in [0.3, 0.4) is 0 Å². The molecule has 9 heteroatoms. The van der Waals surface area contributed by atoms with Gasteiger partial charge in [0.05, 0.1) is 20.7 Å². The number of benzene rings is 2. The van der Waals surface area contributed by atoms with Crippen LogP contribution in [0.5, 0.6) is 0 Å². The average molecular weight is 354 g/mol. The van der Waals surface area contributed by atoms with Gasteiger partial charge in [-0.1, -0.05) is 29.3 Å². The number of amides is 2. The summed E-state index contributed by atoms with van der Waals surface area (Å²) in [6.45, 7) is 0. The number of rotatable bonds is 3. The molecule has 0 bridgehead atoms. The lowest BCUT2D eigenvalue weighted by atomic mass is 10.3. The van der Waals surface area contributed by atoms with Crippen LogP contribution >= 0.6 is 23.2 Å². The van der Waals surface area contributed by atoms with Crippen LogP contribution in [0.1, 0.15) is 0 Å². The van der Waals surface area contributed by atoms with Crippen LogP contribution in [-0.2, 0) is 9.59 Å². The molecule has 0 aromatic heterocycles. The quantitative estimate of drug-likeness (QED) is 0.500. The van der Waals surface area contributed by atoms with E-state index in [1.165, 1.54) is 36.4 Å². The summed E-state index contributed by atoms with van der Waals surface area (Å²) in [6, 6.07) is 9.65. The molecule has 0 saturated carbocycles. The molecule has 0 spiro atoms. The highest BCUT2D eigenvalue weighted by molar-refractivity contribution is 6.46. The van der Waals surface area contributed by atoms with Crippen molar-refractivity contribution < 1.29 is 14.5 Å². The molecule has 7 nitrogen and oxygen atoms in total. The lowest BCUT2D eigenvalue weighted by Crippen LogP contribution is -2.29. The molecular formula is C14H9Cl2N3O4. The molecule has 0 aliphatic rings. The molecule has 2 rings (SSSR count). The highest BCUT2D eigenvalue weighted by Crippen LogP contribution is 2.29. The van der Waals surface area contributed by atoms with Crippen LogP contribution in [0.2, 0.25) is 10.0 Å². The second kappa shape index (κ2) is 7.08. The summed E-state index contributed by atoms with van der Waals surface area (Å²) in [7, 11) is 0. The van der Waals surface area contributed by atoms with Gasteiger partial charge in [0.25, 0.3) is 5.69 Å². The molecule has 0 unspecified atom stereocenters. The van der Waals surface area contributed by atoms with E-state index in [1.54, 1.807) is 6.07 Å². The predicted octanol–water partition coefficient (Wildman–Crippen LogP) is 3.48. The van der Waals surface area contributed by atoms with Crippen LogP contribution in [0.25, 0.3) is 0 Å². The van der Waals surface area contributed by atoms with Crippen LogP contribution in [-0.4, -0.2) is 16.7 Å². The Balaban J connectivity index is 2.05. The molecule has 23 heavy (non-hydrogen) atoms. The maximum absolute atomic E-state index is 11.8. The number of carbonyl (C=O) groups is 2. The van der Waals surface area contributed by atoms with Gasteiger partial charge in [0.15, 0.2) is 0 Å². The van der Waals surface area contributed by atoms with Gasteiger partial charge in [-0.3, -0.25) is 19.7 Å². The minimum absolute atomic E-state index is 0.125. The van der Waals surface area contributed by atoms with E-state index in [4.69, 9.17) is 23.2 Å². The Kier molecular flexibility index (Phi) is 5.15. The van der Waals surface area contributed by atoms with E-state index in [-0.39, 0.29) is 27.1 Å². The number of nitro benzene ring substituents is 1. The first-order chi connectivity index (χ1) is 10.9. The molecule has 2 aromatic carbocycles.